The van der Waals surface area contributed by atoms with Crippen molar-refractivity contribution >= 4 is 17.3 Å². The molecule has 1 aromatic rings. The van der Waals surface area contributed by atoms with Gasteiger partial charge in [0.05, 0.1) is 5.01 Å². The maximum Gasteiger partial charge on any atom is 0.434 e. The molecular weight excluding hydrogens is 363 g/mol. The van der Waals surface area contributed by atoms with E-state index in [9.17, 15) is 13.2 Å². The van der Waals surface area contributed by atoms with E-state index in [0.29, 0.717) is 30.0 Å². The Morgan fingerprint density at radius 2 is 1.96 bits per heavy atom. The second-order valence-corrected chi connectivity index (χ2v) is 7.52. The molecule has 0 radical (unpaired) electrons. The number of rotatable bonds is 7. The lowest BCUT2D eigenvalue weighted by Gasteiger charge is -2.31. The van der Waals surface area contributed by atoms with Gasteiger partial charge in [0.25, 0.3) is 0 Å². The molecule has 1 fully saturated rings. The summed E-state index contributed by atoms with van der Waals surface area (Å²) in [4.78, 5) is 10.2. The molecule has 0 saturated heterocycles. The molecule has 2 N–H and O–H groups in total. The predicted molar refractivity (Wildman–Crippen MR) is 99.7 cm³/mol. The topological polar surface area (TPSA) is 52.6 Å². The number of guanidine groups is 1. The molecule has 148 valence electrons. The standard InChI is InChI=1S/C17H28F3N5S/c1-21-16(23-10-11-25(2)13-6-4-3-5-7-13)22-9-8-15-24-14(12-26-15)17(18,19)20/h12-13H,3-11H2,1-2H3,(H2,21,22,23). The highest BCUT2D eigenvalue weighted by molar-refractivity contribution is 7.09. The summed E-state index contributed by atoms with van der Waals surface area (Å²) in [7, 11) is 3.85. The summed E-state index contributed by atoms with van der Waals surface area (Å²) < 4.78 is 37.6. The fourth-order valence-corrected chi connectivity index (χ4v) is 3.92. The van der Waals surface area contributed by atoms with E-state index in [1.165, 1.54) is 32.1 Å². The molecule has 0 spiro atoms. The minimum atomic E-state index is -4.37. The molecule has 0 amide bonds. The van der Waals surface area contributed by atoms with Crippen molar-refractivity contribution in [2.24, 2.45) is 4.99 Å². The summed E-state index contributed by atoms with van der Waals surface area (Å²) in [6.07, 6.45) is 2.60. The number of hydrogen-bond acceptors (Lipinski definition) is 4. The van der Waals surface area contributed by atoms with E-state index in [1.807, 2.05) is 0 Å². The molecule has 1 saturated carbocycles. The highest BCUT2D eigenvalue weighted by Gasteiger charge is 2.33. The molecule has 0 unspecified atom stereocenters. The van der Waals surface area contributed by atoms with E-state index < -0.39 is 11.9 Å². The van der Waals surface area contributed by atoms with Crippen LogP contribution in [-0.2, 0) is 12.6 Å². The number of nitrogens with one attached hydrogen (secondary N) is 2. The summed E-state index contributed by atoms with van der Waals surface area (Å²) in [5, 5.41) is 7.91. The summed E-state index contributed by atoms with van der Waals surface area (Å²) in [6.45, 7) is 2.21. The lowest BCUT2D eigenvalue weighted by molar-refractivity contribution is -0.140. The van der Waals surface area contributed by atoms with Gasteiger partial charge >= 0.3 is 6.18 Å². The Kier molecular flexibility index (Phi) is 8.15. The van der Waals surface area contributed by atoms with Crippen LogP contribution in [0, 0.1) is 0 Å². The molecule has 1 aliphatic carbocycles. The largest absolute Gasteiger partial charge is 0.434 e. The number of nitrogens with zero attached hydrogens (tertiary/aromatic N) is 3. The van der Waals surface area contributed by atoms with Crippen LogP contribution in [0.15, 0.2) is 10.4 Å². The van der Waals surface area contributed by atoms with Gasteiger partial charge in [-0.25, -0.2) is 4.98 Å². The first kappa shape index (κ1) is 21.0. The number of aromatic nitrogens is 1. The predicted octanol–water partition coefficient (Wildman–Crippen LogP) is 3.13. The second-order valence-electron chi connectivity index (χ2n) is 6.57. The maximum atomic E-state index is 12.5. The summed E-state index contributed by atoms with van der Waals surface area (Å²) in [6, 6.07) is 0.674. The summed E-state index contributed by atoms with van der Waals surface area (Å²) >= 11 is 1.04. The zero-order valence-corrected chi connectivity index (χ0v) is 16.2. The number of likely N-dealkylation sites (N-methyl/N-ethyl adjacent to an activating group) is 1. The molecule has 1 aliphatic rings. The molecule has 26 heavy (non-hydrogen) atoms. The van der Waals surface area contributed by atoms with Gasteiger partial charge in [-0.15, -0.1) is 11.3 Å². The van der Waals surface area contributed by atoms with Crippen molar-refractivity contribution in [1.29, 1.82) is 0 Å². The fraction of sp³-hybridized carbons (Fsp3) is 0.765. The minimum Gasteiger partial charge on any atom is -0.356 e. The van der Waals surface area contributed by atoms with Gasteiger partial charge in [0.2, 0.25) is 0 Å². The average molecular weight is 392 g/mol. The van der Waals surface area contributed by atoms with Crippen LogP contribution >= 0.6 is 11.3 Å². The van der Waals surface area contributed by atoms with Crippen LogP contribution < -0.4 is 10.6 Å². The Labute approximate surface area is 157 Å². The highest BCUT2D eigenvalue weighted by atomic mass is 32.1. The summed E-state index contributed by atoms with van der Waals surface area (Å²) in [5.74, 6) is 0.662. The van der Waals surface area contributed by atoms with Gasteiger partial charge in [0, 0.05) is 44.5 Å². The Bertz CT molecular complexity index is 567. The summed E-state index contributed by atoms with van der Waals surface area (Å²) in [5.41, 5.74) is -0.814. The zero-order valence-electron chi connectivity index (χ0n) is 15.4. The van der Waals surface area contributed by atoms with Crippen LogP contribution in [0.25, 0.3) is 0 Å². The molecule has 5 nitrogen and oxygen atoms in total. The van der Waals surface area contributed by atoms with Gasteiger partial charge in [-0.05, 0) is 19.9 Å². The molecule has 0 aliphatic heterocycles. The van der Waals surface area contributed by atoms with Crippen LogP contribution in [0.5, 0.6) is 0 Å². The molecule has 1 aromatic heterocycles. The van der Waals surface area contributed by atoms with Gasteiger partial charge < -0.3 is 15.5 Å². The van der Waals surface area contributed by atoms with E-state index in [0.717, 1.165) is 29.8 Å². The van der Waals surface area contributed by atoms with Gasteiger partial charge in [-0.3, -0.25) is 4.99 Å². The third-order valence-electron chi connectivity index (χ3n) is 4.65. The van der Waals surface area contributed by atoms with E-state index in [4.69, 9.17) is 0 Å². The van der Waals surface area contributed by atoms with E-state index in [1.54, 1.807) is 7.05 Å². The molecular formula is C17H28F3N5S. The quantitative estimate of drug-likeness (QED) is 0.554. The highest BCUT2D eigenvalue weighted by Crippen LogP contribution is 2.30. The van der Waals surface area contributed by atoms with Crippen molar-refractivity contribution in [2.45, 2.75) is 50.7 Å². The first-order chi connectivity index (χ1) is 12.4. The zero-order chi connectivity index (χ0) is 19.0. The Morgan fingerprint density at radius 1 is 1.27 bits per heavy atom. The van der Waals surface area contributed by atoms with E-state index in [2.05, 4.69) is 32.6 Å². The van der Waals surface area contributed by atoms with Gasteiger partial charge in [0.1, 0.15) is 0 Å². The molecule has 0 atom stereocenters. The van der Waals surface area contributed by atoms with Crippen molar-refractivity contribution < 1.29 is 13.2 Å². The van der Waals surface area contributed by atoms with Crippen LogP contribution in [-0.4, -0.2) is 55.6 Å². The third kappa shape index (κ3) is 6.75. The molecule has 2 rings (SSSR count). The van der Waals surface area contributed by atoms with Crippen molar-refractivity contribution in [1.82, 2.24) is 20.5 Å². The van der Waals surface area contributed by atoms with Crippen LogP contribution in [0.2, 0.25) is 0 Å². The number of alkyl halides is 3. The van der Waals surface area contributed by atoms with E-state index >= 15 is 0 Å². The lowest BCUT2D eigenvalue weighted by Crippen LogP contribution is -2.43. The fourth-order valence-electron chi connectivity index (χ4n) is 3.12. The molecule has 0 aromatic carbocycles. The Morgan fingerprint density at radius 3 is 2.58 bits per heavy atom. The smallest absolute Gasteiger partial charge is 0.356 e. The lowest BCUT2D eigenvalue weighted by atomic mass is 9.94. The normalized spacial score (nSPS) is 16.9. The number of halogens is 3. The first-order valence-electron chi connectivity index (χ1n) is 9.06. The van der Waals surface area contributed by atoms with Gasteiger partial charge in [0.15, 0.2) is 11.7 Å². The van der Waals surface area contributed by atoms with Gasteiger partial charge in [-0.1, -0.05) is 19.3 Å². The van der Waals surface area contributed by atoms with Crippen molar-refractivity contribution in [2.75, 3.05) is 33.7 Å². The van der Waals surface area contributed by atoms with Crippen LogP contribution in [0.3, 0.4) is 0 Å². The van der Waals surface area contributed by atoms with Crippen molar-refractivity contribution in [3.05, 3.63) is 16.1 Å². The van der Waals surface area contributed by atoms with Crippen molar-refractivity contribution in [3.8, 4) is 0 Å². The van der Waals surface area contributed by atoms with E-state index in [-0.39, 0.29) is 0 Å². The Hall–Kier alpha value is -1.35. The van der Waals surface area contributed by atoms with Crippen LogP contribution in [0.1, 0.15) is 42.8 Å². The molecule has 1 heterocycles. The van der Waals surface area contributed by atoms with Crippen molar-refractivity contribution in [3.63, 3.8) is 0 Å². The average Bonchev–Trinajstić information content (AvgIpc) is 3.10. The minimum absolute atomic E-state index is 0.434. The molecule has 0 bridgehead atoms. The first-order valence-corrected chi connectivity index (χ1v) is 9.94. The Balaban J connectivity index is 1.65. The number of thiazole rings is 1. The SMILES string of the molecule is CN=C(NCCc1nc(C(F)(F)F)cs1)NCCN(C)C1CCCCC1. The second kappa shape index (κ2) is 10.1. The third-order valence-corrected chi connectivity index (χ3v) is 5.56. The van der Waals surface area contributed by atoms with Crippen LogP contribution in [0.4, 0.5) is 13.2 Å². The number of aliphatic imine (C=N–C) groups is 1. The maximum absolute atomic E-state index is 12.5. The van der Waals surface area contributed by atoms with Gasteiger partial charge in [-0.2, -0.15) is 13.2 Å². The number of hydrogen-bond donors (Lipinski definition) is 2. The monoisotopic (exact) mass is 391 g/mol. The molecule has 9 heteroatoms.